The van der Waals surface area contributed by atoms with E-state index in [0.29, 0.717) is 12.0 Å². The minimum absolute atomic E-state index is 0.168. The number of non-ortho nitro benzene ring substituents is 1. The number of nitrogens with zero attached hydrogens (tertiary/aromatic N) is 2. The maximum absolute atomic E-state index is 10.9. The molecule has 1 rings (SSSR count). The third-order valence-corrected chi connectivity index (χ3v) is 3.27. The Hall–Kier alpha value is -1.69. The summed E-state index contributed by atoms with van der Waals surface area (Å²) in [5, 5.41) is 21.2. The smallest absolute Gasteiger partial charge is 0.258 e. The molecular weight excluding hydrogens is 260 g/mol. The molecule has 98 valence electrons. The van der Waals surface area contributed by atoms with Crippen LogP contribution in [-0.2, 0) is 6.42 Å². The lowest BCUT2D eigenvalue weighted by Crippen LogP contribution is -2.12. The zero-order valence-electron chi connectivity index (χ0n) is 10.00. The molecule has 0 heterocycles. The molecule has 18 heavy (non-hydrogen) atoms. The molecule has 1 unspecified atom stereocenters. The van der Waals surface area contributed by atoms with E-state index in [1.807, 2.05) is 13.8 Å². The van der Waals surface area contributed by atoms with Gasteiger partial charge in [0.1, 0.15) is 0 Å². The van der Waals surface area contributed by atoms with E-state index in [9.17, 15) is 20.2 Å². The molecule has 0 amide bonds. The van der Waals surface area contributed by atoms with E-state index >= 15 is 0 Å². The predicted octanol–water partition coefficient (Wildman–Crippen LogP) is 3.31. The Morgan fingerprint density at radius 1 is 1.22 bits per heavy atom. The molecule has 6 nitrogen and oxygen atoms in total. The fourth-order valence-electron chi connectivity index (χ4n) is 1.45. The van der Waals surface area contributed by atoms with Crippen LogP contribution in [0.3, 0.4) is 0 Å². The minimum atomic E-state index is -0.655. The zero-order valence-corrected chi connectivity index (χ0v) is 10.8. The van der Waals surface area contributed by atoms with Gasteiger partial charge in [-0.15, -0.1) is 11.6 Å². The molecule has 0 radical (unpaired) electrons. The van der Waals surface area contributed by atoms with Crippen LogP contribution in [0.4, 0.5) is 11.4 Å². The van der Waals surface area contributed by atoms with Gasteiger partial charge in [0.25, 0.3) is 11.4 Å². The van der Waals surface area contributed by atoms with Gasteiger partial charge in [0.15, 0.2) is 0 Å². The molecule has 0 aromatic heterocycles. The maximum atomic E-state index is 10.9. The van der Waals surface area contributed by atoms with Gasteiger partial charge >= 0.3 is 0 Å². The maximum Gasteiger partial charge on any atom is 0.279 e. The van der Waals surface area contributed by atoms with Crippen LogP contribution in [0.25, 0.3) is 0 Å². The van der Waals surface area contributed by atoms with Crippen molar-refractivity contribution in [1.29, 1.82) is 0 Å². The molecule has 0 saturated heterocycles. The van der Waals surface area contributed by atoms with Crippen molar-refractivity contribution in [3.8, 4) is 0 Å². The van der Waals surface area contributed by atoms with Crippen molar-refractivity contribution in [2.75, 3.05) is 0 Å². The topological polar surface area (TPSA) is 86.3 Å². The lowest BCUT2D eigenvalue weighted by Gasteiger charge is -2.12. The van der Waals surface area contributed by atoms with Crippen molar-refractivity contribution in [2.45, 2.75) is 25.6 Å². The van der Waals surface area contributed by atoms with E-state index in [-0.39, 0.29) is 22.7 Å². The van der Waals surface area contributed by atoms with E-state index in [1.165, 1.54) is 12.1 Å². The highest BCUT2D eigenvalue weighted by atomic mass is 35.5. The standard InChI is InChI=1S/C11H13ClN2O4/c1-7(2)10(12)5-8-3-4-9(13(15)16)6-11(8)14(17)18/h3-4,6-7,10H,5H2,1-2H3. The lowest BCUT2D eigenvalue weighted by molar-refractivity contribution is -0.394. The second-order valence-corrected chi connectivity index (χ2v) is 4.85. The number of nitro benzene ring substituents is 2. The van der Waals surface area contributed by atoms with E-state index in [1.54, 1.807) is 0 Å². The molecular formula is C11H13ClN2O4. The summed E-state index contributed by atoms with van der Waals surface area (Å²) in [6.07, 6.45) is 0.313. The molecule has 1 aromatic carbocycles. The van der Waals surface area contributed by atoms with Crippen molar-refractivity contribution in [3.63, 3.8) is 0 Å². The second kappa shape index (κ2) is 5.77. The van der Waals surface area contributed by atoms with Gasteiger partial charge in [-0.2, -0.15) is 0 Å². The van der Waals surface area contributed by atoms with Gasteiger partial charge in [-0.25, -0.2) is 0 Å². The third-order valence-electron chi connectivity index (χ3n) is 2.61. The Morgan fingerprint density at radius 3 is 2.28 bits per heavy atom. The van der Waals surface area contributed by atoms with Crippen LogP contribution in [0.1, 0.15) is 19.4 Å². The summed E-state index contributed by atoms with van der Waals surface area (Å²) < 4.78 is 0. The van der Waals surface area contributed by atoms with Gasteiger partial charge in [0.05, 0.1) is 15.9 Å². The summed E-state index contributed by atoms with van der Waals surface area (Å²) in [7, 11) is 0. The van der Waals surface area contributed by atoms with Crippen LogP contribution in [-0.4, -0.2) is 15.2 Å². The van der Waals surface area contributed by atoms with E-state index in [4.69, 9.17) is 11.6 Å². The number of rotatable bonds is 5. The van der Waals surface area contributed by atoms with Crippen LogP contribution in [0.15, 0.2) is 18.2 Å². The monoisotopic (exact) mass is 272 g/mol. The van der Waals surface area contributed by atoms with Gasteiger partial charge in [0.2, 0.25) is 0 Å². The first-order chi connectivity index (χ1) is 8.32. The molecule has 0 spiro atoms. The van der Waals surface area contributed by atoms with Crippen molar-refractivity contribution in [2.24, 2.45) is 5.92 Å². The highest BCUT2D eigenvalue weighted by Gasteiger charge is 2.22. The lowest BCUT2D eigenvalue weighted by atomic mass is 10.0. The molecule has 0 aliphatic rings. The number of benzene rings is 1. The second-order valence-electron chi connectivity index (χ2n) is 4.29. The first kappa shape index (κ1) is 14.4. The van der Waals surface area contributed by atoms with Crippen LogP contribution in [0.5, 0.6) is 0 Å². The number of hydrogen-bond acceptors (Lipinski definition) is 4. The predicted molar refractivity (Wildman–Crippen MR) is 67.9 cm³/mol. The summed E-state index contributed by atoms with van der Waals surface area (Å²) in [6, 6.07) is 3.62. The first-order valence-corrected chi connectivity index (χ1v) is 5.82. The van der Waals surface area contributed by atoms with Crippen molar-refractivity contribution in [3.05, 3.63) is 44.0 Å². The highest BCUT2D eigenvalue weighted by molar-refractivity contribution is 6.20. The molecule has 0 bridgehead atoms. The number of hydrogen-bond donors (Lipinski definition) is 0. The molecule has 7 heteroatoms. The Kier molecular flexibility index (Phi) is 4.61. The Labute approximate surface area is 109 Å². The highest BCUT2D eigenvalue weighted by Crippen LogP contribution is 2.27. The molecule has 0 saturated carbocycles. The summed E-state index contributed by atoms with van der Waals surface area (Å²) in [5.41, 5.74) is -0.129. The summed E-state index contributed by atoms with van der Waals surface area (Å²) in [6.45, 7) is 3.82. The average molecular weight is 273 g/mol. The number of nitro groups is 2. The molecule has 1 aromatic rings. The number of alkyl halides is 1. The van der Waals surface area contributed by atoms with Crippen LogP contribution in [0, 0.1) is 26.1 Å². The fraction of sp³-hybridized carbons (Fsp3) is 0.455. The van der Waals surface area contributed by atoms with Gasteiger partial charge in [-0.1, -0.05) is 13.8 Å². The Morgan fingerprint density at radius 2 is 1.83 bits per heavy atom. The normalized spacial score (nSPS) is 12.4. The minimum Gasteiger partial charge on any atom is -0.258 e. The van der Waals surface area contributed by atoms with Gasteiger partial charge in [-0.3, -0.25) is 20.2 Å². The Bertz CT molecular complexity index is 476. The van der Waals surface area contributed by atoms with Crippen molar-refractivity contribution >= 4 is 23.0 Å². The molecule has 0 fully saturated rings. The van der Waals surface area contributed by atoms with Crippen LogP contribution in [0.2, 0.25) is 0 Å². The third kappa shape index (κ3) is 3.40. The quantitative estimate of drug-likeness (QED) is 0.467. The van der Waals surface area contributed by atoms with E-state index < -0.39 is 9.85 Å². The van der Waals surface area contributed by atoms with Gasteiger partial charge in [-0.05, 0) is 18.4 Å². The Balaban J connectivity index is 3.12. The molecule has 1 atom stereocenters. The van der Waals surface area contributed by atoms with Crippen LogP contribution >= 0.6 is 11.6 Å². The van der Waals surface area contributed by atoms with E-state index in [2.05, 4.69) is 0 Å². The largest absolute Gasteiger partial charge is 0.279 e. The number of halogens is 1. The summed E-state index contributed by atoms with van der Waals surface area (Å²) >= 11 is 6.07. The van der Waals surface area contributed by atoms with Crippen LogP contribution < -0.4 is 0 Å². The molecule has 0 aliphatic carbocycles. The molecule has 0 N–H and O–H groups in total. The van der Waals surface area contributed by atoms with Gasteiger partial charge in [0, 0.05) is 17.0 Å². The average Bonchev–Trinajstić information content (AvgIpc) is 2.28. The fourth-order valence-corrected chi connectivity index (χ4v) is 1.62. The molecule has 0 aliphatic heterocycles. The zero-order chi connectivity index (χ0) is 13.9. The van der Waals surface area contributed by atoms with E-state index in [0.717, 1.165) is 6.07 Å². The summed E-state index contributed by atoms with van der Waals surface area (Å²) in [5.74, 6) is 0.168. The van der Waals surface area contributed by atoms with Crippen molar-refractivity contribution in [1.82, 2.24) is 0 Å². The van der Waals surface area contributed by atoms with Gasteiger partial charge < -0.3 is 0 Å². The SMILES string of the molecule is CC(C)C(Cl)Cc1ccc([N+](=O)[O-])cc1[N+](=O)[O-]. The first-order valence-electron chi connectivity index (χ1n) is 5.38. The summed E-state index contributed by atoms with van der Waals surface area (Å²) in [4.78, 5) is 20.2. The van der Waals surface area contributed by atoms with Crippen molar-refractivity contribution < 1.29 is 9.85 Å².